The van der Waals surface area contributed by atoms with Crippen molar-refractivity contribution >= 4 is 59.7 Å². The molecule has 0 heterocycles. The van der Waals surface area contributed by atoms with Crippen molar-refractivity contribution in [3.05, 3.63) is 132 Å². The number of unbranched alkanes of at least 4 members (excludes halogenated alkanes) is 5. The van der Waals surface area contributed by atoms with Crippen LogP contribution in [-0.4, -0.2) is 106 Å². The standard InChI is InChI=1S/C60H68O21/c1-10-11-12-13-14-23-32-71-55(68)60(9,37-76-56(69)58(7,33-72-51(64)43-24-15-19-28-47(43)78-39(2)3)34-73-52(65)44-25-16-20-29-48(44)79-40(4)61)38-77-57(70)59(8,35-74-53(66)45-26-17-21-30-49(45)80-41(5)62)36-75-54(67)46-27-18-22-31-50(46)81-42(6)63/h15-22,24-31H,2,10-14,23,32-38H2,1,3-9H3. The van der Waals surface area contributed by atoms with Gasteiger partial charge in [0.15, 0.2) is 0 Å². The molecule has 2 atom stereocenters. The van der Waals surface area contributed by atoms with E-state index in [1.165, 1.54) is 106 Å². The van der Waals surface area contributed by atoms with Crippen molar-refractivity contribution < 1.29 is 100 Å². The van der Waals surface area contributed by atoms with Crippen LogP contribution in [0.25, 0.3) is 0 Å². The van der Waals surface area contributed by atoms with Crippen molar-refractivity contribution in [2.75, 3.05) is 46.2 Å². The number of allylic oxidation sites excluding steroid dienone is 1. The van der Waals surface area contributed by atoms with Gasteiger partial charge in [0.1, 0.15) is 101 Å². The number of benzene rings is 4. The predicted molar refractivity (Wildman–Crippen MR) is 287 cm³/mol. The molecule has 21 nitrogen and oxygen atoms in total. The van der Waals surface area contributed by atoms with Gasteiger partial charge >= 0.3 is 59.7 Å². The summed E-state index contributed by atoms with van der Waals surface area (Å²) in [5.74, 6) is -9.88. The molecule has 0 bridgehead atoms. The Hall–Kier alpha value is -8.88. The first-order valence-corrected chi connectivity index (χ1v) is 25.9. The number of esters is 10. The van der Waals surface area contributed by atoms with E-state index in [2.05, 4.69) is 13.5 Å². The topological polar surface area (TPSA) is 272 Å². The summed E-state index contributed by atoms with van der Waals surface area (Å²) in [7, 11) is 0. The third-order valence-electron chi connectivity index (χ3n) is 11.8. The molecule has 0 saturated carbocycles. The second-order valence-corrected chi connectivity index (χ2v) is 19.6. The van der Waals surface area contributed by atoms with Gasteiger partial charge in [-0.3, -0.25) is 28.8 Å². The van der Waals surface area contributed by atoms with Crippen molar-refractivity contribution in [1.29, 1.82) is 0 Å². The van der Waals surface area contributed by atoms with Crippen molar-refractivity contribution in [3.63, 3.8) is 0 Å². The summed E-state index contributed by atoms with van der Waals surface area (Å²) in [5.41, 5.74) is -6.84. The zero-order chi connectivity index (χ0) is 59.8. The van der Waals surface area contributed by atoms with Gasteiger partial charge < -0.3 is 52.1 Å². The fourth-order valence-corrected chi connectivity index (χ4v) is 7.26. The van der Waals surface area contributed by atoms with Crippen LogP contribution in [0.2, 0.25) is 0 Å². The monoisotopic (exact) mass is 1120 g/mol. The molecule has 0 radical (unpaired) electrons. The molecule has 4 aromatic rings. The van der Waals surface area contributed by atoms with Gasteiger partial charge in [-0.25, -0.2) is 19.2 Å². The van der Waals surface area contributed by atoms with E-state index < -0.39 is 116 Å². The number of para-hydroxylation sites is 4. The van der Waals surface area contributed by atoms with Gasteiger partial charge in [-0.2, -0.15) is 0 Å². The van der Waals surface area contributed by atoms with Crippen molar-refractivity contribution in [3.8, 4) is 23.0 Å². The molecule has 0 saturated heterocycles. The lowest BCUT2D eigenvalue weighted by Gasteiger charge is -2.32. The van der Waals surface area contributed by atoms with E-state index in [1.54, 1.807) is 19.1 Å². The summed E-state index contributed by atoms with van der Waals surface area (Å²) < 4.78 is 60.8. The quantitative estimate of drug-likeness (QED) is 0.0149. The van der Waals surface area contributed by atoms with Crippen molar-refractivity contribution in [2.24, 2.45) is 16.2 Å². The van der Waals surface area contributed by atoms with E-state index in [0.29, 0.717) is 12.8 Å². The molecule has 0 aliphatic carbocycles. The third kappa shape index (κ3) is 20.1. The Bertz CT molecular complexity index is 2590. The molecule has 0 aromatic heterocycles. The number of carbonyl (C=O) groups excluding carboxylic acids is 10. The Morgan fingerprint density at radius 2 is 0.617 bits per heavy atom. The second-order valence-electron chi connectivity index (χ2n) is 19.6. The van der Waals surface area contributed by atoms with Crippen LogP contribution in [0, 0.1) is 16.2 Å². The molecule has 0 aliphatic heterocycles. The Kier molecular flexibility index (Phi) is 24.8. The molecule has 0 aliphatic rings. The number of hydrogen-bond donors (Lipinski definition) is 0. The lowest BCUT2D eigenvalue weighted by atomic mass is 9.90. The minimum Gasteiger partial charge on any atom is -0.465 e. The SMILES string of the molecule is C=C(C)Oc1ccccc1C(=O)OCC(C)(COC(=O)c1ccccc1OC(C)=O)C(=O)OCC(C)(COC(=O)C(C)(COC(=O)c1ccccc1OC(C)=O)COC(=O)c1ccccc1OC(C)=O)C(=O)OCCCCCCCC. The maximum Gasteiger partial charge on any atom is 0.341 e. The highest BCUT2D eigenvalue weighted by atomic mass is 16.6. The largest absolute Gasteiger partial charge is 0.465 e. The molecule has 21 heteroatoms. The average Bonchev–Trinajstić information content (AvgIpc) is 3.43. The van der Waals surface area contributed by atoms with Crippen LogP contribution in [0.3, 0.4) is 0 Å². The van der Waals surface area contributed by atoms with Crippen molar-refractivity contribution in [2.45, 2.75) is 93.9 Å². The summed E-state index contributed by atoms with van der Waals surface area (Å²) in [4.78, 5) is 133. The molecule has 4 aromatic carbocycles. The fraction of sp³-hybridized carbons (Fsp3) is 0.400. The second kappa shape index (κ2) is 31.1. The Labute approximate surface area is 469 Å². The van der Waals surface area contributed by atoms with E-state index in [4.69, 9.17) is 52.1 Å². The maximum atomic E-state index is 14.5. The smallest absolute Gasteiger partial charge is 0.341 e. The van der Waals surface area contributed by atoms with E-state index in [-0.39, 0.29) is 57.6 Å². The minimum absolute atomic E-state index is 0.0545. The molecule has 0 fully saturated rings. The normalized spacial score (nSPS) is 12.3. The predicted octanol–water partition coefficient (Wildman–Crippen LogP) is 9.11. The summed E-state index contributed by atoms with van der Waals surface area (Å²) in [6, 6.07) is 22.9. The summed E-state index contributed by atoms with van der Waals surface area (Å²) in [5, 5.41) is 0. The minimum atomic E-state index is -2.09. The highest BCUT2D eigenvalue weighted by Crippen LogP contribution is 2.31. The van der Waals surface area contributed by atoms with E-state index in [0.717, 1.165) is 46.5 Å². The van der Waals surface area contributed by atoms with Crippen LogP contribution in [0.4, 0.5) is 0 Å². The van der Waals surface area contributed by atoms with Crippen LogP contribution in [0.1, 0.15) is 135 Å². The number of hydrogen-bond acceptors (Lipinski definition) is 21. The maximum absolute atomic E-state index is 14.5. The highest BCUT2D eigenvalue weighted by Gasteiger charge is 2.46. The molecular weight excluding hydrogens is 1060 g/mol. The van der Waals surface area contributed by atoms with E-state index in [1.807, 2.05) is 0 Å². The first kappa shape index (κ1) is 64.6. The molecule has 0 N–H and O–H groups in total. The van der Waals surface area contributed by atoms with Gasteiger partial charge in [0, 0.05) is 20.8 Å². The zero-order valence-corrected chi connectivity index (χ0v) is 46.7. The fourth-order valence-electron chi connectivity index (χ4n) is 7.26. The molecular formula is C60H68O21. The van der Waals surface area contributed by atoms with Crippen molar-refractivity contribution in [1.82, 2.24) is 0 Å². The molecule has 0 amide bonds. The first-order valence-electron chi connectivity index (χ1n) is 25.9. The van der Waals surface area contributed by atoms with Crippen LogP contribution in [0.5, 0.6) is 23.0 Å². The van der Waals surface area contributed by atoms with Gasteiger partial charge in [0.2, 0.25) is 0 Å². The third-order valence-corrected chi connectivity index (χ3v) is 11.8. The summed E-state index contributed by atoms with van der Waals surface area (Å²) >= 11 is 0. The molecule has 2 unspecified atom stereocenters. The van der Waals surface area contributed by atoms with Gasteiger partial charge in [-0.15, -0.1) is 0 Å². The lowest BCUT2D eigenvalue weighted by molar-refractivity contribution is -0.179. The average molecular weight is 1130 g/mol. The summed E-state index contributed by atoms with van der Waals surface area (Å²) in [6.45, 7) is 9.29. The number of carbonyl (C=O) groups is 10. The van der Waals surface area contributed by atoms with Gasteiger partial charge in [-0.1, -0.05) is 94.1 Å². The Morgan fingerprint density at radius 1 is 0.358 bits per heavy atom. The highest BCUT2D eigenvalue weighted by molar-refractivity contribution is 5.96. The number of rotatable bonds is 31. The van der Waals surface area contributed by atoms with Crippen LogP contribution < -0.4 is 18.9 Å². The van der Waals surface area contributed by atoms with Crippen LogP contribution in [0.15, 0.2) is 109 Å². The van der Waals surface area contributed by atoms with Crippen LogP contribution >= 0.6 is 0 Å². The zero-order valence-electron chi connectivity index (χ0n) is 46.7. The summed E-state index contributed by atoms with van der Waals surface area (Å²) in [6.07, 6.45) is 5.03. The van der Waals surface area contributed by atoms with Crippen LogP contribution in [-0.2, 0) is 61.9 Å². The van der Waals surface area contributed by atoms with E-state index >= 15 is 0 Å². The lowest BCUT2D eigenvalue weighted by Crippen LogP contribution is -2.46. The molecule has 4 rings (SSSR count). The van der Waals surface area contributed by atoms with Gasteiger partial charge in [-0.05, 0) is 82.6 Å². The molecule has 434 valence electrons. The van der Waals surface area contributed by atoms with E-state index in [9.17, 15) is 47.9 Å². The Morgan fingerprint density at radius 3 is 0.914 bits per heavy atom. The Balaban J connectivity index is 1.68. The number of ether oxygens (including phenoxy) is 11. The molecule has 0 spiro atoms. The van der Waals surface area contributed by atoms with Gasteiger partial charge in [0.05, 0.1) is 12.4 Å². The molecule has 81 heavy (non-hydrogen) atoms. The van der Waals surface area contributed by atoms with Gasteiger partial charge in [0.25, 0.3) is 0 Å². The first-order chi connectivity index (χ1) is 38.4.